The molecule has 0 heterocycles. The van der Waals surface area contributed by atoms with Crippen molar-refractivity contribution in [2.45, 2.75) is 38.6 Å². The molecule has 0 aliphatic rings. The second-order valence-electron chi connectivity index (χ2n) is 6.86. The largest absolute Gasteiger partial charge is 0.481 e. The number of benzene rings is 2. The number of hydrogen-bond donors (Lipinski definition) is 2. The number of nitrogens with one attached hydrogen (secondary N) is 1. The Kier molecular flexibility index (Phi) is 5.39. The van der Waals surface area contributed by atoms with Gasteiger partial charge < -0.3 is 10.4 Å². The normalized spacial score (nSPS) is 12.5. The van der Waals surface area contributed by atoms with E-state index in [0.29, 0.717) is 5.56 Å². The van der Waals surface area contributed by atoms with Crippen LogP contribution in [0.3, 0.4) is 0 Å². The summed E-state index contributed by atoms with van der Waals surface area (Å²) in [5, 5.41) is 12.0. The minimum absolute atomic E-state index is 0.0219. The first-order chi connectivity index (χ1) is 11.3. The average molecular weight is 325 g/mol. The zero-order chi connectivity index (χ0) is 17.7. The summed E-state index contributed by atoms with van der Waals surface area (Å²) >= 11 is 0. The summed E-state index contributed by atoms with van der Waals surface area (Å²) in [4.78, 5) is 23.5. The van der Waals surface area contributed by atoms with Crippen molar-refractivity contribution < 1.29 is 14.7 Å². The van der Waals surface area contributed by atoms with E-state index in [9.17, 15) is 9.59 Å². The van der Waals surface area contributed by atoms with Gasteiger partial charge in [0, 0.05) is 5.56 Å². The molecule has 24 heavy (non-hydrogen) atoms. The lowest BCUT2D eigenvalue weighted by atomic mass is 9.86. The Bertz CT molecular complexity index is 700. The number of carboxylic acids is 1. The maximum atomic E-state index is 12.3. The van der Waals surface area contributed by atoms with Crippen LogP contribution >= 0.6 is 0 Å². The van der Waals surface area contributed by atoms with Crippen molar-refractivity contribution >= 4 is 11.9 Å². The summed E-state index contributed by atoms with van der Waals surface area (Å²) in [5.74, 6) is -1.23. The van der Waals surface area contributed by atoms with E-state index in [-0.39, 0.29) is 17.7 Å². The van der Waals surface area contributed by atoms with Crippen molar-refractivity contribution in [2.24, 2.45) is 0 Å². The fourth-order valence-electron chi connectivity index (χ4n) is 2.47. The van der Waals surface area contributed by atoms with Crippen LogP contribution in [-0.4, -0.2) is 17.0 Å². The molecule has 0 aliphatic heterocycles. The molecular weight excluding hydrogens is 302 g/mol. The Morgan fingerprint density at radius 3 is 2.08 bits per heavy atom. The second kappa shape index (κ2) is 7.30. The minimum Gasteiger partial charge on any atom is -0.481 e. The Balaban J connectivity index is 2.22. The first kappa shape index (κ1) is 17.7. The van der Waals surface area contributed by atoms with Crippen molar-refractivity contribution in [2.75, 3.05) is 0 Å². The molecule has 0 saturated heterocycles. The minimum atomic E-state index is -0.951. The van der Waals surface area contributed by atoms with Crippen LogP contribution in [0.15, 0.2) is 54.6 Å². The predicted octanol–water partition coefficient (Wildman–Crippen LogP) is 3.93. The molecular formula is C20H23NO3. The maximum Gasteiger partial charge on any atom is 0.305 e. The van der Waals surface area contributed by atoms with E-state index in [2.05, 4.69) is 26.1 Å². The molecule has 1 amide bonds. The van der Waals surface area contributed by atoms with Gasteiger partial charge in [0.2, 0.25) is 0 Å². The van der Waals surface area contributed by atoms with Crippen LogP contribution < -0.4 is 5.32 Å². The van der Waals surface area contributed by atoms with Crippen molar-refractivity contribution in [3.05, 3.63) is 71.3 Å². The highest BCUT2D eigenvalue weighted by Gasteiger charge is 2.20. The molecule has 0 bridgehead atoms. The Morgan fingerprint density at radius 1 is 1.00 bits per heavy atom. The lowest BCUT2D eigenvalue weighted by Gasteiger charge is -2.22. The monoisotopic (exact) mass is 325 g/mol. The van der Waals surface area contributed by atoms with Gasteiger partial charge in [-0.25, -0.2) is 0 Å². The van der Waals surface area contributed by atoms with E-state index >= 15 is 0 Å². The number of amides is 1. The zero-order valence-electron chi connectivity index (χ0n) is 14.2. The van der Waals surface area contributed by atoms with Gasteiger partial charge in [-0.05, 0) is 28.7 Å². The van der Waals surface area contributed by atoms with Crippen molar-refractivity contribution in [3.63, 3.8) is 0 Å². The Morgan fingerprint density at radius 2 is 1.58 bits per heavy atom. The Labute approximate surface area is 142 Å². The maximum absolute atomic E-state index is 12.3. The molecule has 2 rings (SSSR count). The molecule has 0 radical (unpaired) electrons. The third-order valence-corrected chi connectivity index (χ3v) is 3.90. The van der Waals surface area contributed by atoms with Gasteiger partial charge in [0.05, 0.1) is 12.5 Å². The summed E-state index contributed by atoms with van der Waals surface area (Å²) in [6.45, 7) is 6.36. The average Bonchev–Trinajstić information content (AvgIpc) is 2.54. The zero-order valence-corrected chi connectivity index (χ0v) is 14.2. The third kappa shape index (κ3) is 4.69. The number of aliphatic carboxylic acids is 1. The molecule has 0 fully saturated rings. The number of carbonyl (C=O) groups is 2. The van der Waals surface area contributed by atoms with Gasteiger partial charge in [0.15, 0.2) is 0 Å². The van der Waals surface area contributed by atoms with Crippen molar-refractivity contribution in [1.82, 2.24) is 5.32 Å². The summed E-state index contributed by atoms with van der Waals surface area (Å²) < 4.78 is 0. The predicted molar refractivity (Wildman–Crippen MR) is 94.0 cm³/mol. The van der Waals surface area contributed by atoms with Gasteiger partial charge in [0.25, 0.3) is 5.91 Å². The molecule has 0 saturated carbocycles. The quantitative estimate of drug-likeness (QED) is 0.875. The molecule has 4 nitrogen and oxygen atoms in total. The van der Waals surface area contributed by atoms with Crippen LogP contribution in [0.25, 0.3) is 0 Å². The Hall–Kier alpha value is -2.62. The second-order valence-corrected chi connectivity index (χ2v) is 6.86. The highest BCUT2D eigenvalue weighted by Crippen LogP contribution is 2.25. The van der Waals surface area contributed by atoms with Crippen LogP contribution in [0.4, 0.5) is 0 Å². The molecule has 2 aromatic carbocycles. The van der Waals surface area contributed by atoms with E-state index in [0.717, 1.165) is 11.1 Å². The number of carboxylic acid groups (broad SMARTS) is 1. The fourth-order valence-corrected chi connectivity index (χ4v) is 2.47. The molecule has 126 valence electrons. The van der Waals surface area contributed by atoms with Gasteiger partial charge in [-0.2, -0.15) is 0 Å². The first-order valence-electron chi connectivity index (χ1n) is 7.95. The molecule has 2 N–H and O–H groups in total. The summed E-state index contributed by atoms with van der Waals surface area (Å²) in [6.07, 6.45) is -0.159. The van der Waals surface area contributed by atoms with E-state index in [1.165, 1.54) is 0 Å². The van der Waals surface area contributed by atoms with Crippen molar-refractivity contribution in [1.29, 1.82) is 0 Å². The number of carbonyl (C=O) groups excluding carboxylic acids is 1. The highest BCUT2D eigenvalue weighted by molar-refractivity contribution is 5.94. The molecule has 1 atom stereocenters. The topological polar surface area (TPSA) is 66.4 Å². The van der Waals surface area contributed by atoms with Gasteiger partial charge in [-0.1, -0.05) is 63.2 Å². The summed E-state index contributed by atoms with van der Waals surface area (Å²) in [6, 6.07) is 16.0. The van der Waals surface area contributed by atoms with Gasteiger partial charge in [0.1, 0.15) is 0 Å². The summed E-state index contributed by atoms with van der Waals surface area (Å²) in [5.41, 5.74) is 2.48. The lowest BCUT2D eigenvalue weighted by molar-refractivity contribution is -0.137. The van der Waals surface area contributed by atoms with E-state index in [4.69, 9.17) is 5.11 Å². The fraction of sp³-hybridized carbons (Fsp3) is 0.300. The molecule has 0 aromatic heterocycles. The van der Waals surface area contributed by atoms with Gasteiger partial charge in [-0.15, -0.1) is 0 Å². The van der Waals surface area contributed by atoms with Gasteiger partial charge >= 0.3 is 5.97 Å². The van der Waals surface area contributed by atoms with E-state index < -0.39 is 12.0 Å². The highest BCUT2D eigenvalue weighted by atomic mass is 16.4. The van der Waals surface area contributed by atoms with E-state index in [1.807, 2.05) is 30.3 Å². The van der Waals surface area contributed by atoms with Crippen LogP contribution in [0, 0.1) is 0 Å². The molecule has 0 aliphatic carbocycles. The van der Waals surface area contributed by atoms with Crippen LogP contribution in [-0.2, 0) is 10.2 Å². The SMILES string of the molecule is CC(C)(C)c1ccc([C@H](CC(=O)O)NC(=O)c2ccccc2)cc1. The number of hydrogen-bond acceptors (Lipinski definition) is 2. The standard InChI is InChI=1S/C20H23NO3/c1-20(2,3)16-11-9-14(10-12-16)17(13-18(22)23)21-19(24)15-7-5-4-6-8-15/h4-12,17H,13H2,1-3H3,(H,21,24)(H,22,23)/t17-/m0/s1. The lowest BCUT2D eigenvalue weighted by Crippen LogP contribution is -2.30. The first-order valence-corrected chi connectivity index (χ1v) is 7.95. The number of rotatable bonds is 5. The van der Waals surface area contributed by atoms with Crippen LogP contribution in [0.1, 0.15) is 54.7 Å². The molecule has 2 aromatic rings. The van der Waals surface area contributed by atoms with Crippen LogP contribution in [0.5, 0.6) is 0 Å². The smallest absolute Gasteiger partial charge is 0.305 e. The van der Waals surface area contributed by atoms with Crippen LogP contribution in [0.2, 0.25) is 0 Å². The molecule has 0 unspecified atom stereocenters. The molecule has 4 heteroatoms. The van der Waals surface area contributed by atoms with Gasteiger partial charge in [-0.3, -0.25) is 9.59 Å². The third-order valence-electron chi connectivity index (χ3n) is 3.90. The molecule has 0 spiro atoms. The van der Waals surface area contributed by atoms with Crippen molar-refractivity contribution in [3.8, 4) is 0 Å². The van der Waals surface area contributed by atoms with E-state index in [1.54, 1.807) is 24.3 Å². The summed E-state index contributed by atoms with van der Waals surface area (Å²) in [7, 11) is 0.